The van der Waals surface area contributed by atoms with Crippen LogP contribution in [0.3, 0.4) is 0 Å². The van der Waals surface area contributed by atoms with Gasteiger partial charge in [-0.05, 0) is 74.1 Å². The average Bonchev–Trinajstić information content (AvgIpc) is 3.41. The molecule has 0 bridgehead atoms. The maximum absolute atomic E-state index is 15.1. The molecule has 1 aromatic rings. The smallest absolute Gasteiger partial charge is 0.444 e. The molecule has 0 aromatic carbocycles. The van der Waals surface area contributed by atoms with Crippen LogP contribution in [0, 0.1) is 11.7 Å². The number of hydrogen-bond donors (Lipinski definition) is 0. The first-order valence-corrected chi connectivity index (χ1v) is 11.9. The van der Waals surface area contributed by atoms with Crippen molar-refractivity contribution in [2.45, 2.75) is 90.6 Å². The number of pyridine rings is 1. The molecule has 7 nitrogen and oxygen atoms in total. The Morgan fingerprint density at radius 2 is 1.79 bits per heavy atom. The number of nitrogens with zero attached hydrogens (tertiary/aromatic N) is 3. The molecule has 0 N–H and O–H groups in total. The third-order valence-electron chi connectivity index (χ3n) is 7.16. The molecule has 1 amide bonds. The fourth-order valence-corrected chi connectivity index (χ4v) is 4.25. The fourth-order valence-electron chi connectivity index (χ4n) is 4.25. The Hall–Kier alpha value is -1.87. The van der Waals surface area contributed by atoms with E-state index in [-0.39, 0.29) is 11.6 Å². The molecule has 182 valence electrons. The predicted octanol–water partition coefficient (Wildman–Crippen LogP) is 3.75. The van der Waals surface area contributed by atoms with E-state index in [1.54, 1.807) is 0 Å². The van der Waals surface area contributed by atoms with Gasteiger partial charge >= 0.3 is 13.2 Å². The van der Waals surface area contributed by atoms with Crippen LogP contribution in [0.5, 0.6) is 0 Å². The number of amides is 1. The maximum atomic E-state index is 15.1. The molecule has 4 rings (SSSR count). The van der Waals surface area contributed by atoms with Gasteiger partial charge in [-0.1, -0.05) is 0 Å². The summed E-state index contributed by atoms with van der Waals surface area (Å²) < 4.78 is 32.7. The zero-order valence-electron chi connectivity index (χ0n) is 21.2. The van der Waals surface area contributed by atoms with Crippen LogP contribution >= 0.6 is 0 Å². The molecule has 0 atom stereocenters. The van der Waals surface area contributed by atoms with Crippen molar-refractivity contribution in [2.24, 2.45) is 5.92 Å². The summed E-state index contributed by atoms with van der Waals surface area (Å²) in [6, 6.07) is 1.43. The van der Waals surface area contributed by atoms with E-state index in [4.69, 9.17) is 14.0 Å². The van der Waals surface area contributed by atoms with Crippen LogP contribution < -0.4 is 10.4 Å². The minimum Gasteiger partial charge on any atom is -0.444 e. The summed E-state index contributed by atoms with van der Waals surface area (Å²) in [5, 5.41) is 0. The van der Waals surface area contributed by atoms with Crippen LogP contribution in [0.25, 0.3) is 0 Å². The Morgan fingerprint density at radius 1 is 1.21 bits per heavy atom. The SMILES string of the molecule is CC(C)(C)OC(=O)N(CC1CC1)C1(C)CN(c2cc(F)c(B3OC(C)(C)C(C)(C)O3)cn2)C1. The Bertz CT molecular complexity index is 907. The third kappa shape index (κ3) is 4.85. The van der Waals surface area contributed by atoms with E-state index in [9.17, 15) is 4.79 Å². The summed E-state index contributed by atoms with van der Waals surface area (Å²) in [4.78, 5) is 21.3. The molecule has 2 aliphatic heterocycles. The molecule has 33 heavy (non-hydrogen) atoms. The largest absolute Gasteiger partial charge is 0.499 e. The van der Waals surface area contributed by atoms with E-state index >= 15 is 4.39 Å². The van der Waals surface area contributed by atoms with E-state index in [1.807, 2.05) is 58.3 Å². The van der Waals surface area contributed by atoms with Crippen molar-refractivity contribution in [3.63, 3.8) is 0 Å². The summed E-state index contributed by atoms with van der Waals surface area (Å²) >= 11 is 0. The normalized spacial score (nSPS) is 23.3. The first-order valence-electron chi connectivity index (χ1n) is 11.9. The van der Waals surface area contributed by atoms with Gasteiger partial charge in [-0.25, -0.2) is 14.2 Å². The van der Waals surface area contributed by atoms with Crippen molar-refractivity contribution in [3.05, 3.63) is 18.1 Å². The van der Waals surface area contributed by atoms with Crippen LogP contribution in [0.2, 0.25) is 0 Å². The molecule has 3 fully saturated rings. The van der Waals surface area contributed by atoms with Crippen LogP contribution in [0.1, 0.15) is 68.2 Å². The van der Waals surface area contributed by atoms with Gasteiger partial charge in [0.05, 0.1) is 16.7 Å². The fraction of sp³-hybridized carbons (Fsp3) is 0.750. The number of carbonyl (C=O) groups is 1. The minimum absolute atomic E-state index is 0.285. The molecule has 1 saturated carbocycles. The van der Waals surface area contributed by atoms with Gasteiger partial charge in [-0.2, -0.15) is 0 Å². The molecule has 3 heterocycles. The highest BCUT2D eigenvalue weighted by Gasteiger charge is 2.53. The zero-order chi connectivity index (χ0) is 24.4. The molecule has 3 aliphatic rings. The molecule has 0 unspecified atom stereocenters. The summed E-state index contributed by atoms with van der Waals surface area (Å²) in [6.45, 7) is 17.3. The van der Waals surface area contributed by atoms with Crippen molar-refractivity contribution in [3.8, 4) is 0 Å². The molecule has 2 saturated heterocycles. The van der Waals surface area contributed by atoms with Crippen LogP contribution in [0.15, 0.2) is 12.3 Å². The number of carbonyl (C=O) groups excluding carboxylic acids is 1. The van der Waals surface area contributed by atoms with Gasteiger partial charge in [-0.3, -0.25) is 4.90 Å². The highest BCUT2D eigenvalue weighted by Crippen LogP contribution is 2.38. The maximum Gasteiger partial charge on any atom is 0.499 e. The van der Waals surface area contributed by atoms with Gasteiger partial charge < -0.3 is 18.9 Å². The summed E-state index contributed by atoms with van der Waals surface area (Å²) in [7, 11) is -0.792. The second-order valence-corrected chi connectivity index (χ2v) is 12.0. The quantitative estimate of drug-likeness (QED) is 0.623. The second-order valence-electron chi connectivity index (χ2n) is 12.0. The Balaban J connectivity index is 1.45. The van der Waals surface area contributed by atoms with Crippen molar-refractivity contribution in [1.82, 2.24) is 9.88 Å². The second kappa shape index (κ2) is 7.84. The molecule has 1 aromatic heterocycles. The van der Waals surface area contributed by atoms with E-state index < -0.39 is 29.7 Å². The van der Waals surface area contributed by atoms with E-state index in [0.29, 0.717) is 36.8 Å². The Labute approximate surface area is 197 Å². The molecule has 1 aliphatic carbocycles. The Kier molecular flexibility index (Phi) is 5.76. The van der Waals surface area contributed by atoms with E-state index in [2.05, 4.69) is 11.9 Å². The number of ether oxygens (including phenoxy) is 1. The number of rotatable bonds is 5. The van der Waals surface area contributed by atoms with Gasteiger partial charge in [0.25, 0.3) is 0 Å². The van der Waals surface area contributed by atoms with Gasteiger partial charge in [0.1, 0.15) is 17.2 Å². The summed E-state index contributed by atoms with van der Waals surface area (Å²) in [5.41, 5.74) is -1.73. The number of halogens is 1. The van der Waals surface area contributed by atoms with Crippen LogP contribution in [0.4, 0.5) is 15.0 Å². The average molecular weight is 461 g/mol. The first kappa shape index (κ1) is 24.3. The highest BCUT2D eigenvalue weighted by atomic mass is 19.1. The number of hydrogen-bond acceptors (Lipinski definition) is 6. The van der Waals surface area contributed by atoms with Crippen LogP contribution in [-0.4, -0.2) is 65.1 Å². The van der Waals surface area contributed by atoms with Gasteiger partial charge in [0, 0.05) is 37.4 Å². The lowest BCUT2D eigenvalue weighted by molar-refractivity contribution is -0.00830. The summed E-state index contributed by atoms with van der Waals surface area (Å²) in [6.07, 6.45) is 3.50. The lowest BCUT2D eigenvalue weighted by atomic mass is 9.80. The predicted molar refractivity (Wildman–Crippen MR) is 126 cm³/mol. The first-order chi connectivity index (χ1) is 15.1. The van der Waals surface area contributed by atoms with E-state index in [1.165, 1.54) is 12.3 Å². The zero-order valence-corrected chi connectivity index (χ0v) is 21.2. The van der Waals surface area contributed by atoms with E-state index in [0.717, 1.165) is 12.8 Å². The van der Waals surface area contributed by atoms with Gasteiger partial charge in [-0.15, -0.1) is 0 Å². The highest BCUT2D eigenvalue weighted by molar-refractivity contribution is 6.62. The van der Waals surface area contributed by atoms with Crippen LogP contribution in [-0.2, 0) is 14.0 Å². The van der Waals surface area contributed by atoms with Gasteiger partial charge in [0.2, 0.25) is 0 Å². The van der Waals surface area contributed by atoms with Crippen molar-refractivity contribution in [2.75, 3.05) is 24.5 Å². The number of aromatic nitrogens is 1. The van der Waals surface area contributed by atoms with Crippen molar-refractivity contribution < 1.29 is 23.2 Å². The Morgan fingerprint density at radius 3 is 2.27 bits per heavy atom. The number of anilines is 1. The molecule has 0 radical (unpaired) electrons. The standard InChI is InChI=1S/C24H37BFN3O4/c1-21(2,3)31-20(30)29(13-16-9-10-16)24(8)14-28(15-24)19-11-18(26)17(12-27-19)25-32-22(4,5)23(6,7)33-25/h11-12,16H,9-10,13-15H2,1-8H3. The van der Waals surface area contributed by atoms with Gasteiger partial charge in [0.15, 0.2) is 0 Å². The lowest BCUT2D eigenvalue weighted by Gasteiger charge is -2.54. The molecule has 0 spiro atoms. The molecule has 9 heteroatoms. The molecular formula is C24H37BFN3O4. The third-order valence-corrected chi connectivity index (χ3v) is 7.16. The topological polar surface area (TPSA) is 64.1 Å². The van der Waals surface area contributed by atoms with Crippen molar-refractivity contribution in [1.29, 1.82) is 0 Å². The summed E-state index contributed by atoms with van der Waals surface area (Å²) in [5.74, 6) is 0.674. The van der Waals surface area contributed by atoms with Crippen molar-refractivity contribution >= 4 is 24.5 Å². The molecular weight excluding hydrogens is 424 g/mol. The minimum atomic E-state index is -0.792. The lowest BCUT2D eigenvalue weighted by Crippen LogP contribution is -2.70. The monoisotopic (exact) mass is 461 g/mol.